The van der Waals surface area contributed by atoms with Crippen molar-refractivity contribution in [2.75, 3.05) is 7.05 Å². The molecule has 2 rings (SSSR count). The molecule has 0 amide bonds. The van der Waals surface area contributed by atoms with Gasteiger partial charge in [0, 0.05) is 36.8 Å². The lowest BCUT2D eigenvalue weighted by Gasteiger charge is -2.15. The molecule has 0 saturated heterocycles. The quantitative estimate of drug-likeness (QED) is 0.904. The van der Waals surface area contributed by atoms with Crippen molar-refractivity contribution in [3.05, 3.63) is 39.6 Å². The van der Waals surface area contributed by atoms with Crippen LogP contribution in [-0.4, -0.2) is 16.6 Å². The average molecular weight is 270 g/mol. The molecule has 2 aromatic rings. The maximum atomic E-state index is 6.15. The van der Waals surface area contributed by atoms with Gasteiger partial charge in [-0.2, -0.15) is 0 Å². The monoisotopic (exact) mass is 269 g/mol. The highest BCUT2D eigenvalue weighted by atomic mass is 35.5. The van der Waals surface area contributed by atoms with E-state index in [2.05, 4.69) is 14.9 Å². The lowest BCUT2D eigenvalue weighted by Crippen LogP contribution is -2.17. The summed E-state index contributed by atoms with van der Waals surface area (Å²) in [6, 6.07) is 2.26. The van der Waals surface area contributed by atoms with Crippen molar-refractivity contribution in [2.45, 2.75) is 18.9 Å². The number of thiophene rings is 1. The third-order valence-corrected chi connectivity index (χ3v) is 4.36. The van der Waals surface area contributed by atoms with Crippen molar-refractivity contribution >= 4 is 22.9 Å². The van der Waals surface area contributed by atoms with Crippen LogP contribution in [0.5, 0.6) is 0 Å². The summed E-state index contributed by atoms with van der Waals surface area (Å²) in [7, 11) is 3.99. The van der Waals surface area contributed by atoms with E-state index < -0.39 is 0 Å². The number of nitrogens with zero attached hydrogens (tertiary/aromatic N) is 2. The zero-order valence-corrected chi connectivity index (χ0v) is 11.6. The van der Waals surface area contributed by atoms with Crippen molar-refractivity contribution in [1.29, 1.82) is 0 Å². The molecule has 0 aliphatic carbocycles. The largest absolute Gasteiger partial charge is 0.338 e. The minimum absolute atomic E-state index is 0.305. The highest BCUT2D eigenvalue weighted by Gasteiger charge is 2.15. The minimum Gasteiger partial charge on any atom is -0.338 e. The summed E-state index contributed by atoms with van der Waals surface area (Å²) in [5.41, 5.74) is 0. The van der Waals surface area contributed by atoms with Gasteiger partial charge in [0.1, 0.15) is 5.82 Å². The van der Waals surface area contributed by atoms with Gasteiger partial charge in [0.25, 0.3) is 0 Å². The van der Waals surface area contributed by atoms with Gasteiger partial charge in [0.05, 0.1) is 5.02 Å². The Balaban J connectivity index is 2.02. The molecule has 0 saturated carbocycles. The number of rotatable bonds is 5. The molecule has 0 bridgehead atoms. The molecule has 92 valence electrons. The van der Waals surface area contributed by atoms with Gasteiger partial charge in [0.15, 0.2) is 0 Å². The van der Waals surface area contributed by atoms with Crippen LogP contribution in [0.2, 0.25) is 5.02 Å². The maximum absolute atomic E-state index is 6.15. The van der Waals surface area contributed by atoms with Gasteiger partial charge < -0.3 is 9.88 Å². The zero-order valence-electron chi connectivity index (χ0n) is 9.98. The van der Waals surface area contributed by atoms with E-state index in [9.17, 15) is 0 Å². The standard InChI is InChI=1S/C12H16ClN3S/c1-14-10(12-9(13)5-8-17-12)3-4-11-15-6-7-16(11)2/h5-8,10,14H,3-4H2,1-2H3. The molecule has 2 aromatic heterocycles. The Morgan fingerprint density at radius 2 is 2.41 bits per heavy atom. The van der Waals surface area contributed by atoms with E-state index in [1.165, 1.54) is 4.88 Å². The molecule has 1 N–H and O–H groups in total. The van der Waals surface area contributed by atoms with E-state index in [1.54, 1.807) is 11.3 Å². The van der Waals surface area contributed by atoms with Crippen LogP contribution in [-0.2, 0) is 13.5 Å². The Morgan fingerprint density at radius 3 is 2.94 bits per heavy atom. The SMILES string of the molecule is CNC(CCc1nccn1C)c1sccc1Cl. The predicted molar refractivity (Wildman–Crippen MR) is 72.7 cm³/mol. The molecule has 0 aliphatic heterocycles. The van der Waals surface area contributed by atoms with E-state index in [0.717, 1.165) is 23.7 Å². The van der Waals surface area contributed by atoms with Gasteiger partial charge in [-0.15, -0.1) is 11.3 Å². The van der Waals surface area contributed by atoms with Crippen molar-refractivity contribution in [3.8, 4) is 0 Å². The number of halogens is 1. The first kappa shape index (κ1) is 12.6. The lowest BCUT2D eigenvalue weighted by atomic mass is 10.1. The Labute approximate surface area is 110 Å². The summed E-state index contributed by atoms with van der Waals surface area (Å²) in [5.74, 6) is 1.11. The molecule has 0 aromatic carbocycles. The summed E-state index contributed by atoms with van der Waals surface area (Å²) < 4.78 is 2.06. The van der Waals surface area contributed by atoms with Gasteiger partial charge in [-0.25, -0.2) is 4.98 Å². The van der Waals surface area contributed by atoms with E-state index in [0.29, 0.717) is 6.04 Å². The van der Waals surface area contributed by atoms with Crippen LogP contribution < -0.4 is 5.32 Å². The second-order valence-corrected chi connectivity index (χ2v) is 5.32. The first-order chi connectivity index (χ1) is 8.22. The molecule has 0 spiro atoms. The van der Waals surface area contributed by atoms with Gasteiger partial charge in [0.2, 0.25) is 0 Å². The Morgan fingerprint density at radius 1 is 1.59 bits per heavy atom. The summed E-state index contributed by atoms with van der Waals surface area (Å²) in [6.07, 6.45) is 5.76. The van der Waals surface area contributed by atoms with Crippen LogP contribution in [0.15, 0.2) is 23.8 Å². The molecule has 0 radical (unpaired) electrons. The van der Waals surface area contributed by atoms with E-state index in [-0.39, 0.29) is 0 Å². The summed E-state index contributed by atoms with van der Waals surface area (Å²) in [4.78, 5) is 5.54. The third kappa shape index (κ3) is 2.89. The molecular weight excluding hydrogens is 254 g/mol. The molecule has 17 heavy (non-hydrogen) atoms. The van der Waals surface area contributed by atoms with Crippen molar-refractivity contribution in [2.24, 2.45) is 7.05 Å². The topological polar surface area (TPSA) is 29.9 Å². The summed E-state index contributed by atoms with van der Waals surface area (Å²) in [6.45, 7) is 0. The highest BCUT2D eigenvalue weighted by Crippen LogP contribution is 2.30. The lowest BCUT2D eigenvalue weighted by molar-refractivity contribution is 0.544. The molecule has 3 nitrogen and oxygen atoms in total. The van der Waals surface area contributed by atoms with Gasteiger partial charge in [-0.3, -0.25) is 0 Å². The van der Waals surface area contributed by atoms with Crippen LogP contribution in [0.4, 0.5) is 0 Å². The Hall–Kier alpha value is -0.840. The maximum Gasteiger partial charge on any atom is 0.108 e. The Bertz CT molecular complexity index is 478. The summed E-state index contributed by atoms with van der Waals surface area (Å²) in [5, 5.41) is 6.20. The second-order valence-electron chi connectivity index (χ2n) is 3.97. The number of nitrogens with one attached hydrogen (secondary N) is 1. The van der Waals surface area contributed by atoms with Crippen LogP contribution in [0.1, 0.15) is 23.2 Å². The molecule has 1 atom stereocenters. The molecular formula is C12H16ClN3S. The fraction of sp³-hybridized carbons (Fsp3) is 0.417. The van der Waals surface area contributed by atoms with Crippen LogP contribution in [0.25, 0.3) is 0 Å². The number of aryl methyl sites for hydroxylation is 2. The van der Waals surface area contributed by atoms with Gasteiger partial charge in [-0.1, -0.05) is 11.6 Å². The molecule has 5 heteroatoms. The first-order valence-electron chi connectivity index (χ1n) is 5.58. The third-order valence-electron chi connectivity index (χ3n) is 2.89. The molecule has 0 fully saturated rings. The zero-order chi connectivity index (χ0) is 12.3. The molecule has 1 unspecified atom stereocenters. The van der Waals surface area contributed by atoms with E-state index >= 15 is 0 Å². The fourth-order valence-corrected chi connectivity index (χ4v) is 3.21. The second kappa shape index (κ2) is 5.67. The smallest absolute Gasteiger partial charge is 0.108 e. The van der Waals surface area contributed by atoms with Crippen LogP contribution in [0.3, 0.4) is 0 Å². The Kier molecular flexibility index (Phi) is 4.20. The van der Waals surface area contributed by atoms with Crippen molar-refractivity contribution < 1.29 is 0 Å². The normalized spacial score (nSPS) is 12.9. The van der Waals surface area contributed by atoms with E-state index in [4.69, 9.17) is 11.6 Å². The van der Waals surface area contributed by atoms with Crippen molar-refractivity contribution in [3.63, 3.8) is 0 Å². The highest BCUT2D eigenvalue weighted by molar-refractivity contribution is 7.10. The number of aromatic nitrogens is 2. The van der Waals surface area contributed by atoms with Crippen LogP contribution >= 0.6 is 22.9 Å². The number of hydrogen-bond acceptors (Lipinski definition) is 3. The van der Waals surface area contributed by atoms with Crippen LogP contribution in [0, 0.1) is 0 Å². The molecule has 2 heterocycles. The first-order valence-corrected chi connectivity index (χ1v) is 6.84. The van der Waals surface area contributed by atoms with Gasteiger partial charge in [-0.05, 0) is 24.9 Å². The van der Waals surface area contributed by atoms with Gasteiger partial charge >= 0.3 is 0 Å². The molecule has 0 aliphatic rings. The number of imidazole rings is 1. The van der Waals surface area contributed by atoms with Crippen molar-refractivity contribution in [1.82, 2.24) is 14.9 Å². The average Bonchev–Trinajstić information content (AvgIpc) is 2.90. The minimum atomic E-state index is 0.305. The summed E-state index contributed by atoms with van der Waals surface area (Å²) >= 11 is 7.86. The van der Waals surface area contributed by atoms with E-state index in [1.807, 2.05) is 37.9 Å². The number of hydrogen-bond donors (Lipinski definition) is 1. The fourth-order valence-electron chi connectivity index (χ4n) is 1.87. The predicted octanol–water partition coefficient (Wildman–Crippen LogP) is 3.03.